The van der Waals surface area contributed by atoms with Gasteiger partial charge in [0.05, 0.1) is 6.10 Å². The van der Waals surface area contributed by atoms with Crippen molar-refractivity contribution in [1.29, 1.82) is 0 Å². The Bertz CT molecular complexity index is 1120. The van der Waals surface area contributed by atoms with Gasteiger partial charge >= 0.3 is 5.97 Å². The Morgan fingerprint density at radius 3 is 2.82 bits per heavy atom. The summed E-state index contributed by atoms with van der Waals surface area (Å²) in [6, 6.07) is 8.24. The molecule has 1 aromatic carbocycles. The van der Waals surface area contributed by atoms with E-state index in [0.29, 0.717) is 18.8 Å². The van der Waals surface area contributed by atoms with Crippen LogP contribution in [-0.2, 0) is 27.1 Å². The first kappa shape index (κ1) is 28.0. The maximum atomic E-state index is 14.3. The number of anilines is 1. The summed E-state index contributed by atoms with van der Waals surface area (Å²) in [6.45, 7) is 3.04. The van der Waals surface area contributed by atoms with Crippen LogP contribution in [0.3, 0.4) is 0 Å². The van der Waals surface area contributed by atoms with Crippen LogP contribution in [-0.4, -0.2) is 66.5 Å². The van der Waals surface area contributed by atoms with Gasteiger partial charge in [-0.25, -0.2) is 9.37 Å². The topological polar surface area (TPSA) is 83.9 Å². The van der Waals surface area contributed by atoms with E-state index in [2.05, 4.69) is 17.4 Å². The quantitative estimate of drug-likeness (QED) is 0.345. The molecule has 2 N–H and O–H groups in total. The van der Waals surface area contributed by atoms with Crippen LogP contribution in [0.1, 0.15) is 85.7 Å². The standard InChI is InChI=1S/C31H42FN3O4/c1-35(29(31(36)37)28-18-23(32)9-11-27(28)21-12-16-38-17-13-21)25-19-26(20-25)39-15-4-2-3-7-24-10-8-22-6-5-14-33-30(22)34-24/h8-11,18,21,25-26,29H,2-7,12-17,19-20H2,1H3,(H,33,34)(H,36,37). The minimum absolute atomic E-state index is 0.102. The zero-order valence-corrected chi connectivity index (χ0v) is 23.0. The van der Waals surface area contributed by atoms with Gasteiger partial charge < -0.3 is 19.9 Å². The molecule has 2 fully saturated rings. The number of nitrogens with one attached hydrogen (secondary N) is 1. The van der Waals surface area contributed by atoms with Gasteiger partial charge in [0.1, 0.15) is 17.7 Å². The zero-order valence-electron chi connectivity index (χ0n) is 23.0. The van der Waals surface area contributed by atoms with Gasteiger partial charge in [-0.3, -0.25) is 9.69 Å². The van der Waals surface area contributed by atoms with E-state index in [0.717, 1.165) is 88.0 Å². The molecule has 3 aliphatic rings. The summed E-state index contributed by atoms with van der Waals surface area (Å²) in [6.07, 6.45) is 9.88. The van der Waals surface area contributed by atoms with Crippen LogP contribution in [0, 0.1) is 5.82 Å². The molecule has 8 heteroatoms. The number of pyridine rings is 1. The SMILES string of the molecule is CN(C1CC(OCCCCCc2ccc3c(n2)NCCC3)C1)C(C(=O)O)c1cc(F)ccc1C1CCOCC1. The van der Waals surface area contributed by atoms with Crippen LogP contribution >= 0.6 is 0 Å². The fourth-order valence-corrected chi connectivity index (χ4v) is 6.25. The molecule has 212 valence electrons. The Labute approximate surface area is 231 Å². The molecule has 3 heterocycles. The van der Waals surface area contributed by atoms with Gasteiger partial charge in [0.25, 0.3) is 0 Å². The average molecular weight is 540 g/mol. The second kappa shape index (κ2) is 13.2. The van der Waals surface area contributed by atoms with Crippen LogP contribution in [0.25, 0.3) is 0 Å². The van der Waals surface area contributed by atoms with Crippen LogP contribution in [0.15, 0.2) is 30.3 Å². The van der Waals surface area contributed by atoms with E-state index in [4.69, 9.17) is 14.5 Å². The fourth-order valence-electron chi connectivity index (χ4n) is 6.25. The maximum Gasteiger partial charge on any atom is 0.325 e. The molecule has 7 nitrogen and oxygen atoms in total. The van der Waals surface area contributed by atoms with Crippen LogP contribution in [0.2, 0.25) is 0 Å². The number of likely N-dealkylation sites (N-methyl/N-ethyl adjacent to an activating group) is 1. The normalized spacial score (nSPS) is 22.1. The third-order valence-corrected chi connectivity index (χ3v) is 8.67. The van der Waals surface area contributed by atoms with E-state index >= 15 is 0 Å². The van der Waals surface area contributed by atoms with Crippen molar-refractivity contribution in [1.82, 2.24) is 9.88 Å². The largest absolute Gasteiger partial charge is 0.480 e. The third-order valence-electron chi connectivity index (χ3n) is 8.67. The minimum Gasteiger partial charge on any atom is -0.480 e. The molecule has 0 bridgehead atoms. The number of halogens is 1. The number of fused-ring (bicyclic) bond motifs is 1. The molecule has 2 aliphatic heterocycles. The van der Waals surface area contributed by atoms with Crippen molar-refractivity contribution in [2.24, 2.45) is 0 Å². The van der Waals surface area contributed by atoms with Crippen molar-refractivity contribution in [2.75, 3.05) is 38.7 Å². The highest BCUT2D eigenvalue weighted by Crippen LogP contribution is 2.38. The van der Waals surface area contributed by atoms with Crippen molar-refractivity contribution < 1.29 is 23.8 Å². The smallest absolute Gasteiger partial charge is 0.325 e. The van der Waals surface area contributed by atoms with Gasteiger partial charge in [0, 0.05) is 38.1 Å². The van der Waals surface area contributed by atoms with Crippen molar-refractivity contribution in [3.05, 3.63) is 58.5 Å². The van der Waals surface area contributed by atoms with Gasteiger partial charge in [-0.05, 0) is 106 Å². The number of hydrogen-bond acceptors (Lipinski definition) is 6. The first-order valence-electron chi connectivity index (χ1n) is 14.7. The highest BCUT2D eigenvalue weighted by Gasteiger charge is 2.40. The summed E-state index contributed by atoms with van der Waals surface area (Å²) in [4.78, 5) is 19.1. The number of aliphatic carboxylic acids is 1. The predicted octanol–water partition coefficient (Wildman–Crippen LogP) is 5.49. The first-order chi connectivity index (χ1) is 19.0. The number of benzene rings is 1. The number of carboxylic acids is 1. The number of aromatic nitrogens is 1. The molecule has 1 atom stereocenters. The van der Waals surface area contributed by atoms with Crippen LogP contribution in [0.5, 0.6) is 0 Å². The van der Waals surface area contributed by atoms with Crippen molar-refractivity contribution >= 4 is 11.8 Å². The number of unbranched alkanes of at least 4 members (excludes halogenated alkanes) is 2. The lowest BCUT2D eigenvalue weighted by molar-refractivity contribution is -0.146. The number of hydrogen-bond donors (Lipinski definition) is 2. The molecule has 1 saturated heterocycles. The van der Waals surface area contributed by atoms with Gasteiger partial charge in [-0.1, -0.05) is 18.6 Å². The van der Waals surface area contributed by atoms with E-state index in [1.54, 1.807) is 6.07 Å². The Kier molecular flexibility index (Phi) is 9.48. The summed E-state index contributed by atoms with van der Waals surface area (Å²) in [5.74, 6) is -0.0740. The summed E-state index contributed by atoms with van der Waals surface area (Å²) >= 11 is 0. The van der Waals surface area contributed by atoms with Gasteiger partial charge in [-0.2, -0.15) is 0 Å². The zero-order chi connectivity index (χ0) is 27.2. The van der Waals surface area contributed by atoms with E-state index in [-0.39, 0.29) is 18.1 Å². The summed E-state index contributed by atoms with van der Waals surface area (Å²) in [7, 11) is 1.85. The molecule has 0 radical (unpaired) electrons. The molecular formula is C31H42FN3O4. The number of rotatable bonds is 12. The Morgan fingerprint density at radius 1 is 1.21 bits per heavy atom. The van der Waals surface area contributed by atoms with Crippen LogP contribution < -0.4 is 5.32 Å². The Hall–Kier alpha value is -2.55. The molecule has 1 aliphatic carbocycles. The molecule has 0 spiro atoms. The van der Waals surface area contributed by atoms with Gasteiger partial charge in [0.2, 0.25) is 0 Å². The minimum atomic E-state index is -0.940. The molecule has 5 rings (SSSR count). The lowest BCUT2D eigenvalue weighted by Crippen LogP contribution is -2.49. The second-order valence-electron chi connectivity index (χ2n) is 11.3. The van der Waals surface area contributed by atoms with Crippen molar-refractivity contribution in [2.45, 2.75) is 88.3 Å². The molecule has 1 saturated carbocycles. The molecular weight excluding hydrogens is 497 g/mol. The lowest BCUT2D eigenvalue weighted by Gasteiger charge is -2.43. The molecule has 1 aromatic heterocycles. The predicted molar refractivity (Wildman–Crippen MR) is 149 cm³/mol. The lowest BCUT2D eigenvalue weighted by atomic mass is 9.83. The monoisotopic (exact) mass is 539 g/mol. The molecule has 2 aromatic rings. The molecule has 39 heavy (non-hydrogen) atoms. The number of carbonyl (C=O) groups is 1. The second-order valence-corrected chi connectivity index (χ2v) is 11.3. The molecule has 1 unspecified atom stereocenters. The highest BCUT2D eigenvalue weighted by molar-refractivity contribution is 5.76. The van der Waals surface area contributed by atoms with Crippen molar-refractivity contribution in [3.63, 3.8) is 0 Å². The van der Waals surface area contributed by atoms with E-state index in [1.807, 2.05) is 11.9 Å². The highest BCUT2D eigenvalue weighted by atomic mass is 19.1. The third kappa shape index (κ3) is 6.97. The number of aryl methyl sites for hydroxylation is 2. The summed E-state index contributed by atoms with van der Waals surface area (Å²) in [5, 5.41) is 13.6. The van der Waals surface area contributed by atoms with E-state index in [9.17, 15) is 14.3 Å². The maximum absolute atomic E-state index is 14.3. The van der Waals surface area contributed by atoms with Crippen molar-refractivity contribution in [3.8, 4) is 0 Å². The molecule has 0 amide bonds. The van der Waals surface area contributed by atoms with Gasteiger partial charge in [-0.15, -0.1) is 0 Å². The van der Waals surface area contributed by atoms with E-state index in [1.165, 1.54) is 24.1 Å². The fraction of sp³-hybridized carbons (Fsp3) is 0.613. The number of nitrogens with zero attached hydrogens (tertiary/aromatic N) is 2. The summed E-state index contributed by atoms with van der Waals surface area (Å²) in [5.41, 5.74) is 3.99. The van der Waals surface area contributed by atoms with E-state index < -0.39 is 17.8 Å². The first-order valence-corrected chi connectivity index (χ1v) is 14.7. The summed E-state index contributed by atoms with van der Waals surface area (Å²) < 4.78 is 25.9. The number of carboxylic acid groups (broad SMARTS) is 1. The Balaban J connectivity index is 1.06. The van der Waals surface area contributed by atoms with Crippen LogP contribution in [0.4, 0.5) is 10.2 Å². The number of ether oxygens (including phenoxy) is 2. The van der Waals surface area contributed by atoms with Gasteiger partial charge in [0.15, 0.2) is 0 Å². The Morgan fingerprint density at radius 2 is 2.03 bits per heavy atom. The average Bonchev–Trinajstić information content (AvgIpc) is 2.92.